The molecule has 1 aliphatic heterocycles. The third-order valence-electron chi connectivity index (χ3n) is 5.87. The minimum absolute atomic E-state index is 0.0158. The molecule has 2 heteroatoms. The van der Waals surface area contributed by atoms with Gasteiger partial charge < -0.3 is 10.1 Å². The number of quaternary nitrogens is 1. The van der Waals surface area contributed by atoms with Gasteiger partial charge in [-0.15, -0.1) is 0 Å². The molecule has 0 amide bonds. The summed E-state index contributed by atoms with van der Waals surface area (Å²) in [5, 5.41) is 2.50. The average molecular weight is 353 g/mol. The van der Waals surface area contributed by atoms with Gasteiger partial charge in [0.2, 0.25) is 0 Å². The van der Waals surface area contributed by atoms with Gasteiger partial charge in [-0.05, 0) is 51.0 Å². The Morgan fingerprint density at radius 3 is 2.31 bits per heavy atom. The van der Waals surface area contributed by atoms with Crippen LogP contribution in [-0.2, 0) is 11.2 Å². The maximum Gasteiger partial charge on any atom is 0.109 e. The second-order valence-electron chi connectivity index (χ2n) is 8.67. The number of rotatable bonds is 7. The molecule has 2 aromatic rings. The SMILES string of the molecule is C[C@@H]([NH2+]CC[C@@]1(Cc2ccccc2)CCOC(C)(C)C1)c1ccccc1. The summed E-state index contributed by atoms with van der Waals surface area (Å²) >= 11 is 0. The van der Waals surface area contributed by atoms with E-state index in [-0.39, 0.29) is 5.60 Å². The Labute approximate surface area is 159 Å². The van der Waals surface area contributed by atoms with Crippen LogP contribution < -0.4 is 5.32 Å². The molecule has 0 radical (unpaired) electrons. The minimum Gasteiger partial charge on any atom is -0.376 e. The largest absolute Gasteiger partial charge is 0.376 e. The third kappa shape index (κ3) is 5.18. The van der Waals surface area contributed by atoms with Crippen LogP contribution in [0, 0.1) is 5.41 Å². The van der Waals surface area contributed by atoms with Gasteiger partial charge in [-0.1, -0.05) is 60.7 Å². The molecule has 2 N–H and O–H groups in total. The highest BCUT2D eigenvalue weighted by Gasteiger charge is 2.41. The molecule has 3 rings (SSSR count). The summed E-state index contributed by atoms with van der Waals surface area (Å²) < 4.78 is 6.04. The van der Waals surface area contributed by atoms with Gasteiger partial charge in [-0.25, -0.2) is 0 Å². The van der Waals surface area contributed by atoms with Crippen LogP contribution >= 0.6 is 0 Å². The van der Waals surface area contributed by atoms with Crippen LogP contribution in [-0.4, -0.2) is 18.8 Å². The smallest absolute Gasteiger partial charge is 0.109 e. The first-order chi connectivity index (χ1) is 12.5. The molecular formula is C24H34NO+. The van der Waals surface area contributed by atoms with Gasteiger partial charge in [-0.2, -0.15) is 0 Å². The zero-order valence-corrected chi connectivity index (χ0v) is 16.6. The van der Waals surface area contributed by atoms with Crippen LogP contribution in [0.1, 0.15) is 57.2 Å². The second-order valence-corrected chi connectivity index (χ2v) is 8.67. The van der Waals surface area contributed by atoms with Crippen molar-refractivity contribution in [3.05, 3.63) is 71.8 Å². The van der Waals surface area contributed by atoms with Crippen molar-refractivity contribution >= 4 is 0 Å². The van der Waals surface area contributed by atoms with E-state index in [1.54, 1.807) is 0 Å². The van der Waals surface area contributed by atoms with Crippen LogP contribution in [0.4, 0.5) is 0 Å². The fraction of sp³-hybridized carbons (Fsp3) is 0.500. The minimum atomic E-state index is -0.0158. The van der Waals surface area contributed by atoms with Gasteiger partial charge in [0.15, 0.2) is 0 Å². The Balaban J connectivity index is 1.66. The zero-order chi connectivity index (χ0) is 18.5. The maximum atomic E-state index is 6.04. The number of hydrogen-bond acceptors (Lipinski definition) is 1. The summed E-state index contributed by atoms with van der Waals surface area (Å²) in [4.78, 5) is 0. The lowest BCUT2D eigenvalue weighted by atomic mass is 9.68. The average Bonchev–Trinajstić information content (AvgIpc) is 2.62. The third-order valence-corrected chi connectivity index (χ3v) is 5.87. The van der Waals surface area contributed by atoms with E-state index in [1.807, 2.05) is 0 Å². The lowest BCUT2D eigenvalue weighted by molar-refractivity contribution is -0.694. The molecule has 140 valence electrons. The van der Waals surface area contributed by atoms with Crippen LogP contribution in [0.5, 0.6) is 0 Å². The highest BCUT2D eigenvalue weighted by atomic mass is 16.5. The van der Waals surface area contributed by atoms with Crippen molar-refractivity contribution in [2.24, 2.45) is 5.41 Å². The molecule has 1 aliphatic rings. The Morgan fingerprint density at radius 2 is 1.65 bits per heavy atom. The molecule has 0 aliphatic carbocycles. The molecule has 2 nitrogen and oxygen atoms in total. The van der Waals surface area contributed by atoms with E-state index < -0.39 is 0 Å². The second kappa shape index (κ2) is 8.37. The topological polar surface area (TPSA) is 25.8 Å². The molecular weight excluding hydrogens is 318 g/mol. The van der Waals surface area contributed by atoms with Crippen molar-refractivity contribution in [1.29, 1.82) is 0 Å². The molecule has 0 bridgehead atoms. The van der Waals surface area contributed by atoms with Gasteiger partial charge in [-0.3, -0.25) is 0 Å². The van der Waals surface area contributed by atoms with Crippen molar-refractivity contribution in [2.75, 3.05) is 13.2 Å². The molecule has 1 saturated heterocycles. The normalized spacial score (nSPS) is 23.5. The van der Waals surface area contributed by atoms with Gasteiger partial charge in [0.25, 0.3) is 0 Å². The van der Waals surface area contributed by atoms with E-state index in [0.29, 0.717) is 11.5 Å². The Kier molecular flexibility index (Phi) is 6.16. The molecule has 1 fully saturated rings. The van der Waals surface area contributed by atoms with Crippen molar-refractivity contribution in [1.82, 2.24) is 0 Å². The van der Waals surface area contributed by atoms with E-state index in [4.69, 9.17) is 4.74 Å². The lowest BCUT2D eigenvalue weighted by Gasteiger charge is -2.45. The van der Waals surface area contributed by atoms with Crippen molar-refractivity contribution < 1.29 is 10.1 Å². The van der Waals surface area contributed by atoms with Gasteiger partial charge >= 0.3 is 0 Å². The summed E-state index contributed by atoms with van der Waals surface area (Å²) in [5.41, 5.74) is 3.20. The van der Waals surface area contributed by atoms with Gasteiger partial charge in [0.1, 0.15) is 6.04 Å². The van der Waals surface area contributed by atoms with Crippen molar-refractivity contribution in [3.8, 4) is 0 Å². The van der Waals surface area contributed by atoms with Crippen molar-refractivity contribution in [2.45, 2.75) is 58.1 Å². The fourth-order valence-corrected chi connectivity index (χ4v) is 4.60. The molecule has 0 saturated carbocycles. The first kappa shape index (κ1) is 19.1. The summed E-state index contributed by atoms with van der Waals surface area (Å²) in [6.45, 7) is 8.87. The van der Waals surface area contributed by atoms with E-state index >= 15 is 0 Å². The first-order valence-electron chi connectivity index (χ1n) is 10.0. The summed E-state index contributed by atoms with van der Waals surface area (Å²) in [6, 6.07) is 22.3. The Hall–Kier alpha value is -1.64. The Bertz CT molecular complexity index is 667. The molecule has 26 heavy (non-hydrogen) atoms. The summed E-state index contributed by atoms with van der Waals surface area (Å²) in [5.74, 6) is 0. The first-order valence-corrected chi connectivity index (χ1v) is 10.0. The molecule has 1 heterocycles. The highest BCUT2D eigenvalue weighted by Crippen LogP contribution is 2.43. The van der Waals surface area contributed by atoms with E-state index in [9.17, 15) is 0 Å². The number of hydrogen-bond donors (Lipinski definition) is 1. The highest BCUT2D eigenvalue weighted by molar-refractivity contribution is 5.18. The van der Waals surface area contributed by atoms with Gasteiger partial charge in [0, 0.05) is 18.6 Å². The van der Waals surface area contributed by atoms with Crippen LogP contribution in [0.3, 0.4) is 0 Å². The molecule has 0 aromatic heterocycles. The standard InChI is InChI=1S/C24H33NO/c1-20(22-12-8-5-9-13-22)25-16-14-24(15-17-26-23(2,3)19-24)18-21-10-6-4-7-11-21/h4-13,20,25H,14-19H2,1-3H3/p+1/t20-,24+/m1/s1. The van der Waals surface area contributed by atoms with E-state index in [2.05, 4.69) is 86.8 Å². The Morgan fingerprint density at radius 1 is 1.00 bits per heavy atom. The van der Waals surface area contributed by atoms with Crippen LogP contribution in [0.15, 0.2) is 60.7 Å². The van der Waals surface area contributed by atoms with Crippen LogP contribution in [0.25, 0.3) is 0 Å². The number of nitrogens with two attached hydrogens (primary N) is 1. The molecule has 2 aromatic carbocycles. The number of ether oxygens (including phenoxy) is 1. The molecule has 2 atom stereocenters. The maximum absolute atomic E-state index is 6.04. The molecule has 0 unspecified atom stereocenters. The monoisotopic (exact) mass is 352 g/mol. The fourth-order valence-electron chi connectivity index (χ4n) is 4.60. The predicted molar refractivity (Wildman–Crippen MR) is 108 cm³/mol. The quantitative estimate of drug-likeness (QED) is 0.779. The number of benzene rings is 2. The van der Waals surface area contributed by atoms with Crippen molar-refractivity contribution in [3.63, 3.8) is 0 Å². The predicted octanol–water partition coefficient (Wildman–Crippen LogP) is 4.52. The summed E-state index contributed by atoms with van der Waals surface area (Å²) in [7, 11) is 0. The van der Waals surface area contributed by atoms with E-state index in [1.165, 1.54) is 30.5 Å². The zero-order valence-electron chi connectivity index (χ0n) is 16.6. The van der Waals surface area contributed by atoms with E-state index in [0.717, 1.165) is 19.4 Å². The molecule has 0 spiro atoms. The van der Waals surface area contributed by atoms with Crippen LogP contribution in [0.2, 0.25) is 0 Å². The summed E-state index contributed by atoms with van der Waals surface area (Å²) in [6.07, 6.45) is 4.71. The lowest BCUT2D eigenvalue weighted by Crippen LogP contribution is -2.85. The van der Waals surface area contributed by atoms with Gasteiger partial charge in [0.05, 0.1) is 12.1 Å².